The van der Waals surface area contributed by atoms with Crippen molar-refractivity contribution in [2.75, 3.05) is 4.90 Å². The molecule has 11 rings (SSSR count). The van der Waals surface area contributed by atoms with Crippen molar-refractivity contribution >= 4 is 81.7 Å². The summed E-state index contributed by atoms with van der Waals surface area (Å²) < 4.78 is 2.46. The zero-order valence-electron chi connectivity index (χ0n) is 32.1. The van der Waals surface area contributed by atoms with Gasteiger partial charge in [-0.1, -0.05) is 176 Å². The van der Waals surface area contributed by atoms with Crippen LogP contribution in [0.2, 0.25) is 13.1 Å². The Morgan fingerprint density at radius 1 is 0.448 bits per heavy atom. The first-order valence-corrected chi connectivity index (χ1v) is 25.1. The molecule has 1 aromatic heterocycles. The average molecular weight is 815 g/mol. The summed E-state index contributed by atoms with van der Waals surface area (Å²) in [5, 5.41) is 4.22. The lowest BCUT2D eigenvalue weighted by molar-refractivity contribution is 1.11. The highest BCUT2D eigenvalue weighted by molar-refractivity contribution is 8.05. The number of anilines is 3. The Labute approximate surface area is 353 Å². The lowest BCUT2D eigenvalue weighted by Gasteiger charge is -2.37. The van der Waals surface area contributed by atoms with Crippen LogP contribution in [-0.4, -0.2) is 12.6 Å². The molecule has 0 amide bonds. The molecule has 58 heavy (non-hydrogen) atoms. The molecule has 3 heterocycles. The molecule has 0 saturated carbocycles. The van der Waals surface area contributed by atoms with E-state index in [1.165, 1.54) is 84.4 Å². The zero-order valence-corrected chi connectivity index (χ0v) is 35.5. The molecule has 0 saturated heterocycles. The Morgan fingerprint density at radius 3 is 1.74 bits per heavy atom. The van der Waals surface area contributed by atoms with Crippen molar-refractivity contribution in [2.24, 2.45) is 0 Å². The fraction of sp³-hybridized carbons (Fsp3) is 0.0385. The molecule has 0 atom stereocenters. The van der Waals surface area contributed by atoms with Crippen LogP contribution >= 0.6 is 35.3 Å². The highest BCUT2D eigenvalue weighted by Crippen LogP contribution is 2.55. The Morgan fingerprint density at radius 2 is 1.00 bits per heavy atom. The summed E-state index contributed by atoms with van der Waals surface area (Å²) in [6.07, 6.45) is 0. The van der Waals surface area contributed by atoms with Crippen molar-refractivity contribution < 1.29 is 0 Å². The molecule has 278 valence electrons. The molecule has 2 aliphatic heterocycles. The summed E-state index contributed by atoms with van der Waals surface area (Å²) >= 11 is 5.71. The number of nitrogens with zero attached hydrogens (tertiary/aromatic N) is 2. The van der Waals surface area contributed by atoms with Gasteiger partial charge in [-0.25, -0.2) is 0 Å². The highest BCUT2D eigenvalue weighted by atomic mass is 32.2. The third-order valence-electron chi connectivity index (χ3n) is 11.5. The van der Waals surface area contributed by atoms with Crippen LogP contribution in [0, 0.1) is 0 Å². The predicted molar refractivity (Wildman–Crippen MR) is 251 cm³/mol. The molecule has 8 aromatic carbocycles. The van der Waals surface area contributed by atoms with E-state index in [2.05, 4.69) is 217 Å². The van der Waals surface area contributed by atoms with E-state index in [1.807, 2.05) is 35.3 Å². The van der Waals surface area contributed by atoms with Gasteiger partial charge in [-0.3, -0.25) is 0 Å². The van der Waals surface area contributed by atoms with Crippen LogP contribution in [0.1, 0.15) is 0 Å². The van der Waals surface area contributed by atoms with E-state index in [-0.39, 0.29) is 0 Å². The molecule has 2 nitrogen and oxygen atoms in total. The van der Waals surface area contributed by atoms with Gasteiger partial charge in [0.1, 0.15) is 8.07 Å². The monoisotopic (exact) mass is 814 g/mol. The van der Waals surface area contributed by atoms with Crippen LogP contribution in [0.4, 0.5) is 17.1 Å². The van der Waals surface area contributed by atoms with E-state index in [9.17, 15) is 0 Å². The SMILES string of the molecule is C[Si]1(C)c2ccccc2Sc2c(N(c3ccc4c(c3)c(-c3ccccc3)c(-c3ccccc3)n4-c3ccccc3)c3cccc4c3Sc3ccccc3S4)cccc21. The Bertz CT molecular complexity index is 3010. The molecule has 2 aliphatic rings. The van der Waals surface area contributed by atoms with Gasteiger partial charge in [-0.05, 0) is 88.2 Å². The van der Waals surface area contributed by atoms with Crippen LogP contribution in [0.25, 0.3) is 39.0 Å². The molecule has 0 bridgehead atoms. The first-order chi connectivity index (χ1) is 28.5. The van der Waals surface area contributed by atoms with Gasteiger partial charge in [-0.2, -0.15) is 0 Å². The maximum atomic E-state index is 2.57. The molecule has 0 unspecified atom stereocenters. The lowest BCUT2D eigenvalue weighted by Crippen LogP contribution is -2.56. The third-order valence-corrected chi connectivity index (χ3v) is 19.2. The lowest BCUT2D eigenvalue weighted by atomic mass is 9.98. The summed E-state index contributed by atoms with van der Waals surface area (Å²) in [7, 11) is -2.02. The highest BCUT2D eigenvalue weighted by Gasteiger charge is 2.38. The quantitative estimate of drug-likeness (QED) is 0.154. The zero-order chi connectivity index (χ0) is 38.8. The maximum Gasteiger partial charge on any atom is 0.115 e. The van der Waals surface area contributed by atoms with Crippen molar-refractivity contribution in [1.29, 1.82) is 0 Å². The average Bonchev–Trinajstić information content (AvgIpc) is 3.62. The Kier molecular flexibility index (Phi) is 8.78. The van der Waals surface area contributed by atoms with Gasteiger partial charge in [-0.15, -0.1) is 0 Å². The molecule has 0 N–H and O–H groups in total. The molecule has 0 radical (unpaired) electrons. The Hall–Kier alpha value is -5.63. The number of fused-ring (bicyclic) bond motifs is 5. The maximum absolute atomic E-state index is 2.57. The number of hydrogen-bond donors (Lipinski definition) is 0. The summed E-state index contributed by atoms with van der Waals surface area (Å²) in [6, 6.07) is 71.6. The van der Waals surface area contributed by atoms with E-state index in [1.54, 1.807) is 0 Å². The second-order valence-electron chi connectivity index (χ2n) is 15.3. The van der Waals surface area contributed by atoms with Crippen LogP contribution in [-0.2, 0) is 0 Å². The van der Waals surface area contributed by atoms with Gasteiger partial charge in [0.05, 0.1) is 27.5 Å². The number of rotatable bonds is 6. The standard InChI is InChI=1S/C52H38N2S3Si/c1-58(2)47-30-15-14-28-45(47)57-52-42(25-17-31-48(52)58)53(41-24-16-29-46-51(41)56-44-27-13-12-26-43(44)55-46)38-32-33-40-39(34-38)49(35-18-6-3-7-19-35)50(36-20-8-4-9-21-36)54(40)37-22-10-5-11-23-37/h3-34H,1-2H3. The van der Waals surface area contributed by atoms with Gasteiger partial charge in [0.15, 0.2) is 0 Å². The first kappa shape index (κ1) is 35.5. The van der Waals surface area contributed by atoms with Gasteiger partial charge in [0.2, 0.25) is 0 Å². The minimum Gasteiger partial charge on any atom is -0.309 e. The molecule has 6 heteroatoms. The number of benzene rings is 8. The largest absolute Gasteiger partial charge is 0.309 e. The normalized spacial score (nSPS) is 13.6. The van der Waals surface area contributed by atoms with E-state index in [0.717, 1.165) is 11.4 Å². The van der Waals surface area contributed by atoms with Gasteiger partial charge >= 0.3 is 0 Å². The molecular weight excluding hydrogens is 777 g/mol. The van der Waals surface area contributed by atoms with E-state index < -0.39 is 8.07 Å². The van der Waals surface area contributed by atoms with E-state index in [0.29, 0.717) is 0 Å². The van der Waals surface area contributed by atoms with Gasteiger partial charge in [0, 0.05) is 46.8 Å². The number of aromatic nitrogens is 1. The topological polar surface area (TPSA) is 8.17 Å². The summed E-state index contributed by atoms with van der Waals surface area (Å²) in [6.45, 7) is 5.03. The van der Waals surface area contributed by atoms with Crippen molar-refractivity contribution in [1.82, 2.24) is 4.57 Å². The minimum absolute atomic E-state index is 1.14. The van der Waals surface area contributed by atoms with Crippen molar-refractivity contribution in [2.45, 2.75) is 42.5 Å². The van der Waals surface area contributed by atoms with Crippen LogP contribution in [0.15, 0.2) is 223 Å². The van der Waals surface area contributed by atoms with Crippen LogP contribution < -0.4 is 15.3 Å². The minimum atomic E-state index is -2.02. The summed E-state index contributed by atoms with van der Waals surface area (Å²) in [5.41, 5.74) is 10.7. The molecule has 0 fully saturated rings. The fourth-order valence-electron chi connectivity index (χ4n) is 8.78. The van der Waals surface area contributed by atoms with Gasteiger partial charge in [0.25, 0.3) is 0 Å². The van der Waals surface area contributed by atoms with Crippen LogP contribution in [0.3, 0.4) is 0 Å². The molecule has 0 aliphatic carbocycles. The smallest absolute Gasteiger partial charge is 0.115 e. The molecule has 9 aromatic rings. The summed E-state index contributed by atoms with van der Waals surface area (Å²) in [4.78, 5) is 10.5. The van der Waals surface area contributed by atoms with Gasteiger partial charge < -0.3 is 9.47 Å². The second-order valence-corrected chi connectivity index (χ2v) is 22.8. The first-order valence-electron chi connectivity index (χ1n) is 19.7. The van der Waals surface area contributed by atoms with E-state index >= 15 is 0 Å². The van der Waals surface area contributed by atoms with Crippen molar-refractivity contribution in [3.8, 4) is 28.1 Å². The van der Waals surface area contributed by atoms with Crippen molar-refractivity contribution in [3.63, 3.8) is 0 Å². The number of para-hydroxylation sites is 1. The second kappa shape index (κ2) is 14.3. The molecular formula is C52H38N2S3Si. The number of hydrogen-bond acceptors (Lipinski definition) is 4. The van der Waals surface area contributed by atoms with E-state index in [4.69, 9.17) is 0 Å². The third kappa shape index (κ3) is 5.81. The molecule has 0 spiro atoms. The van der Waals surface area contributed by atoms with Crippen molar-refractivity contribution in [3.05, 3.63) is 194 Å². The van der Waals surface area contributed by atoms with Crippen LogP contribution in [0.5, 0.6) is 0 Å². The predicted octanol–water partition coefficient (Wildman–Crippen LogP) is 14.3. The fourth-order valence-corrected chi connectivity index (χ4v) is 16.7. The Balaban J connectivity index is 1.22. The summed E-state index contributed by atoms with van der Waals surface area (Å²) in [5.74, 6) is 0.